The van der Waals surface area contributed by atoms with Gasteiger partial charge in [-0.15, -0.1) is 0 Å². The monoisotopic (exact) mass is 351 g/mol. The molecule has 0 saturated carbocycles. The molecule has 26 heavy (non-hydrogen) atoms. The number of benzene rings is 1. The van der Waals surface area contributed by atoms with Crippen LogP contribution in [0.15, 0.2) is 30.6 Å². The lowest BCUT2D eigenvalue weighted by Crippen LogP contribution is -2.29. The lowest BCUT2D eigenvalue weighted by atomic mass is 10.1. The summed E-state index contributed by atoms with van der Waals surface area (Å²) in [6, 6.07) is 6.00. The van der Waals surface area contributed by atoms with Crippen LogP contribution in [-0.4, -0.2) is 26.9 Å². The number of nitrogens with two attached hydrogens (primary N) is 1. The fourth-order valence-electron chi connectivity index (χ4n) is 3.23. The highest BCUT2D eigenvalue weighted by atomic mass is 16.5. The molecule has 0 spiro atoms. The smallest absolute Gasteiger partial charge is 0.255 e. The van der Waals surface area contributed by atoms with E-state index in [0.29, 0.717) is 28.4 Å². The van der Waals surface area contributed by atoms with Gasteiger partial charge in [0, 0.05) is 18.3 Å². The number of carbonyl (C=O) groups is 1. The molecule has 0 bridgehead atoms. The van der Waals surface area contributed by atoms with E-state index in [0.717, 1.165) is 18.4 Å². The molecule has 134 valence electrons. The maximum atomic E-state index is 12.3. The number of hydrogen-bond donors (Lipinski definition) is 3. The molecular weight excluding hydrogens is 330 g/mol. The van der Waals surface area contributed by atoms with E-state index in [-0.39, 0.29) is 18.0 Å². The Balaban J connectivity index is 1.63. The molecule has 0 fully saturated rings. The number of carbonyl (C=O) groups excluding carboxylic acids is 1. The van der Waals surface area contributed by atoms with Crippen molar-refractivity contribution in [2.45, 2.75) is 38.8 Å². The fraction of sp³-hybridized carbons (Fsp3) is 0.316. The maximum Gasteiger partial charge on any atom is 0.255 e. The third-order valence-electron chi connectivity index (χ3n) is 4.49. The highest BCUT2D eigenvalue weighted by molar-refractivity contribution is 6.04. The molecule has 1 aromatic carbocycles. The molecule has 2 aromatic heterocycles. The summed E-state index contributed by atoms with van der Waals surface area (Å²) in [4.78, 5) is 24.0. The average molecular weight is 351 g/mol. The molecule has 0 unspecified atom stereocenters. The van der Waals surface area contributed by atoms with Crippen molar-refractivity contribution in [1.82, 2.24) is 20.3 Å². The molecular formula is C19H21N5O2. The third-order valence-corrected chi connectivity index (χ3v) is 4.49. The molecule has 1 aliphatic carbocycles. The maximum absolute atomic E-state index is 12.3. The van der Waals surface area contributed by atoms with Crippen molar-refractivity contribution < 1.29 is 9.53 Å². The molecule has 4 N–H and O–H groups in total. The van der Waals surface area contributed by atoms with Crippen LogP contribution in [0.25, 0.3) is 11.2 Å². The molecule has 1 atom stereocenters. The number of fused-ring (bicyclic) bond motifs is 2. The first-order valence-electron chi connectivity index (χ1n) is 8.72. The van der Waals surface area contributed by atoms with Crippen LogP contribution in [0.5, 0.6) is 11.6 Å². The van der Waals surface area contributed by atoms with Gasteiger partial charge in [0.05, 0.1) is 11.8 Å². The molecule has 1 aliphatic rings. The van der Waals surface area contributed by atoms with E-state index in [2.05, 4.69) is 20.3 Å². The number of aryl methyl sites for hydroxylation is 1. The second-order valence-electron chi connectivity index (χ2n) is 6.84. The first-order chi connectivity index (χ1) is 12.5. The van der Waals surface area contributed by atoms with Crippen molar-refractivity contribution in [3.63, 3.8) is 0 Å². The fourth-order valence-corrected chi connectivity index (χ4v) is 3.23. The average Bonchev–Trinajstić information content (AvgIpc) is 3.18. The Hall–Kier alpha value is -2.93. The summed E-state index contributed by atoms with van der Waals surface area (Å²) in [6.45, 7) is 3.82. The Morgan fingerprint density at radius 2 is 2.27 bits per heavy atom. The quantitative estimate of drug-likeness (QED) is 0.670. The Morgan fingerprint density at radius 1 is 1.42 bits per heavy atom. The largest absolute Gasteiger partial charge is 0.437 e. The summed E-state index contributed by atoms with van der Waals surface area (Å²) < 4.78 is 5.87. The number of H-pyrrole nitrogens is 1. The van der Waals surface area contributed by atoms with Crippen LogP contribution in [-0.2, 0) is 6.42 Å². The normalized spacial score (nSPS) is 16.1. The molecule has 0 saturated heterocycles. The number of nitrogens with one attached hydrogen (secondary N) is 2. The number of amides is 1. The molecule has 7 nitrogen and oxygen atoms in total. The molecule has 1 amide bonds. The molecule has 0 aliphatic heterocycles. The SMILES string of the molecule is CC(C)NC(=O)c1c[nH]c2ncc(Oc3ccc4c(c3)[C@@H](N)CC4)nc12. The predicted molar refractivity (Wildman–Crippen MR) is 98.3 cm³/mol. The van der Waals surface area contributed by atoms with E-state index in [1.54, 1.807) is 6.20 Å². The Bertz CT molecular complexity index is 979. The van der Waals surface area contributed by atoms with E-state index >= 15 is 0 Å². The van der Waals surface area contributed by atoms with Gasteiger partial charge in [0.25, 0.3) is 5.91 Å². The summed E-state index contributed by atoms with van der Waals surface area (Å²) >= 11 is 0. The van der Waals surface area contributed by atoms with Crippen LogP contribution < -0.4 is 15.8 Å². The summed E-state index contributed by atoms with van der Waals surface area (Å²) in [5, 5.41) is 2.86. The van der Waals surface area contributed by atoms with Gasteiger partial charge in [-0.3, -0.25) is 4.79 Å². The molecule has 4 rings (SSSR count). The van der Waals surface area contributed by atoms with Gasteiger partial charge in [0.15, 0.2) is 5.65 Å². The van der Waals surface area contributed by atoms with Gasteiger partial charge >= 0.3 is 0 Å². The molecule has 7 heteroatoms. The standard InChI is InChI=1S/C19H21N5O2/c1-10(2)23-19(25)14-8-21-18-17(14)24-16(9-22-18)26-12-5-3-11-4-6-15(20)13(11)7-12/h3,5,7-10,15H,4,6,20H2,1-2H3,(H,21,22)(H,23,25)/t15-/m0/s1. The number of ether oxygens (including phenoxy) is 1. The van der Waals surface area contributed by atoms with E-state index in [9.17, 15) is 4.79 Å². The number of rotatable bonds is 4. The van der Waals surface area contributed by atoms with Gasteiger partial charge < -0.3 is 20.8 Å². The highest BCUT2D eigenvalue weighted by Gasteiger charge is 2.20. The second-order valence-corrected chi connectivity index (χ2v) is 6.84. The number of aromatic amines is 1. The Kier molecular flexibility index (Phi) is 4.08. The van der Waals surface area contributed by atoms with Crippen molar-refractivity contribution >= 4 is 17.1 Å². The van der Waals surface area contributed by atoms with E-state index < -0.39 is 0 Å². The summed E-state index contributed by atoms with van der Waals surface area (Å²) in [5.74, 6) is 0.807. The predicted octanol–water partition coefficient (Wildman–Crippen LogP) is 2.83. The van der Waals surface area contributed by atoms with E-state index in [1.165, 1.54) is 11.8 Å². The van der Waals surface area contributed by atoms with Crippen molar-refractivity contribution in [2.75, 3.05) is 0 Å². The van der Waals surface area contributed by atoms with Crippen molar-refractivity contribution in [2.24, 2.45) is 5.73 Å². The first-order valence-corrected chi connectivity index (χ1v) is 8.72. The molecule has 3 aromatic rings. The summed E-state index contributed by atoms with van der Waals surface area (Å²) in [7, 11) is 0. The third kappa shape index (κ3) is 3.01. The lowest BCUT2D eigenvalue weighted by Gasteiger charge is -2.09. The minimum absolute atomic E-state index is 0.0375. The van der Waals surface area contributed by atoms with Crippen molar-refractivity contribution in [3.8, 4) is 11.6 Å². The topological polar surface area (TPSA) is 106 Å². The summed E-state index contributed by atoms with van der Waals surface area (Å²) in [6.07, 6.45) is 5.11. The van der Waals surface area contributed by atoms with Gasteiger partial charge in [-0.25, -0.2) is 9.97 Å². The van der Waals surface area contributed by atoms with Gasteiger partial charge in [-0.2, -0.15) is 0 Å². The Morgan fingerprint density at radius 3 is 3.08 bits per heavy atom. The van der Waals surface area contributed by atoms with Gasteiger partial charge in [0.1, 0.15) is 11.3 Å². The Labute approximate surface area is 151 Å². The van der Waals surface area contributed by atoms with Crippen LogP contribution in [0.2, 0.25) is 0 Å². The highest BCUT2D eigenvalue weighted by Crippen LogP contribution is 2.33. The van der Waals surface area contributed by atoms with Crippen LogP contribution in [0.1, 0.15) is 47.8 Å². The molecule has 0 radical (unpaired) electrons. The minimum atomic E-state index is -0.193. The van der Waals surface area contributed by atoms with Gasteiger partial charge in [-0.05, 0) is 49.9 Å². The molecule has 2 heterocycles. The summed E-state index contributed by atoms with van der Waals surface area (Å²) in [5.41, 5.74) is 9.99. The van der Waals surface area contributed by atoms with Gasteiger partial charge in [0.2, 0.25) is 5.88 Å². The van der Waals surface area contributed by atoms with Crippen LogP contribution in [0.3, 0.4) is 0 Å². The van der Waals surface area contributed by atoms with Crippen LogP contribution in [0, 0.1) is 0 Å². The zero-order valence-electron chi connectivity index (χ0n) is 14.7. The van der Waals surface area contributed by atoms with Crippen molar-refractivity contribution in [1.29, 1.82) is 0 Å². The lowest BCUT2D eigenvalue weighted by molar-refractivity contribution is 0.0944. The van der Waals surface area contributed by atoms with Crippen molar-refractivity contribution in [3.05, 3.63) is 47.3 Å². The number of hydrogen-bond acceptors (Lipinski definition) is 5. The van der Waals surface area contributed by atoms with Crippen LogP contribution in [0.4, 0.5) is 0 Å². The first kappa shape index (κ1) is 16.5. The number of aromatic nitrogens is 3. The minimum Gasteiger partial charge on any atom is -0.437 e. The van der Waals surface area contributed by atoms with Crippen LogP contribution >= 0.6 is 0 Å². The second kappa shape index (κ2) is 6.42. The zero-order chi connectivity index (χ0) is 18.3. The zero-order valence-corrected chi connectivity index (χ0v) is 14.7. The van der Waals surface area contributed by atoms with E-state index in [4.69, 9.17) is 10.5 Å². The number of nitrogens with zero attached hydrogens (tertiary/aromatic N) is 2. The van der Waals surface area contributed by atoms with E-state index in [1.807, 2.05) is 32.0 Å². The van der Waals surface area contributed by atoms with Gasteiger partial charge in [-0.1, -0.05) is 6.07 Å².